The van der Waals surface area contributed by atoms with Gasteiger partial charge in [-0.25, -0.2) is 0 Å². The van der Waals surface area contributed by atoms with Crippen molar-refractivity contribution in [1.82, 2.24) is 15.0 Å². The van der Waals surface area contributed by atoms with Gasteiger partial charge in [0.2, 0.25) is 0 Å². The van der Waals surface area contributed by atoms with Crippen LogP contribution < -0.4 is 5.32 Å². The van der Waals surface area contributed by atoms with Crippen LogP contribution in [0.2, 0.25) is 19.6 Å². The molecule has 0 saturated carbocycles. The van der Waals surface area contributed by atoms with E-state index in [4.69, 9.17) is 9.40 Å². The molecule has 0 atom stereocenters. The van der Waals surface area contributed by atoms with Crippen LogP contribution >= 0.6 is 0 Å². The topological polar surface area (TPSA) is 51.8 Å². The van der Waals surface area contributed by atoms with Crippen LogP contribution in [0.15, 0.2) is 89.6 Å². The summed E-state index contributed by atoms with van der Waals surface area (Å²) in [5, 5.41) is 3.40. The first-order chi connectivity index (χ1) is 18.7. The maximum Gasteiger partial charge on any atom is 0.121 e. The minimum absolute atomic E-state index is 0. The third-order valence-corrected chi connectivity index (χ3v) is 8.44. The van der Waals surface area contributed by atoms with Crippen molar-refractivity contribution in [2.75, 3.05) is 0 Å². The van der Waals surface area contributed by atoms with Crippen molar-refractivity contribution in [1.29, 1.82) is 0 Å². The summed E-state index contributed by atoms with van der Waals surface area (Å²) in [4.78, 5) is 13.7. The van der Waals surface area contributed by atoms with Gasteiger partial charge in [-0.3, -0.25) is 0 Å². The van der Waals surface area contributed by atoms with Gasteiger partial charge in [-0.1, -0.05) is 81.0 Å². The average molecular weight is 720 g/mol. The first kappa shape index (κ1) is 29.5. The number of benzene rings is 2. The molecule has 2 aromatic carbocycles. The molecule has 6 rings (SSSR count). The minimum Gasteiger partial charge on any atom is -0.500 e. The van der Waals surface area contributed by atoms with Crippen LogP contribution in [0.4, 0.5) is 0 Å². The Morgan fingerprint density at radius 1 is 0.875 bits per heavy atom. The van der Waals surface area contributed by atoms with E-state index in [1.807, 2.05) is 61.8 Å². The number of hydrogen-bond acceptors (Lipinski definition) is 4. The molecule has 0 N–H and O–H groups in total. The number of hydrogen-bond donors (Lipinski definition) is 0. The van der Waals surface area contributed by atoms with Crippen LogP contribution in [0, 0.1) is 19.2 Å². The van der Waals surface area contributed by atoms with Gasteiger partial charge in [-0.2, -0.15) is 0 Å². The number of aromatic nitrogens is 3. The third kappa shape index (κ3) is 6.31. The fraction of sp³-hybridized carbons (Fsp3) is 0.206. The molecule has 1 radical (unpaired) electrons. The molecule has 0 fully saturated rings. The molecule has 0 unspecified atom stereocenters. The predicted octanol–water partition coefficient (Wildman–Crippen LogP) is 8.37. The Morgan fingerprint density at radius 3 is 2.33 bits per heavy atom. The molecule has 0 aliphatic rings. The molecule has 0 spiro atoms. The van der Waals surface area contributed by atoms with Gasteiger partial charge in [-0.15, -0.1) is 35.9 Å². The molecule has 6 heteroatoms. The zero-order valence-electron chi connectivity index (χ0n) is 23.7. The number of fused-ring (bicyclic) bond motifs is 3. The normalized spacial score (nSPS) is 11.3. The molecule has 0 saturated heterocycles. The van der Waals surface area contributed by atoms with Gasteiger partial charge < -0.3 is 19.4 Å². The number of rotatable bonds is 4. The van der Waals surface area contributed by atoms with E-state index < -0.39 is 8.07 Å². The second-order valence-electron chi connectivity index (χ2n) is 11.1. The summed E-state index contributed by atoms with van der Waals surface area (Å²) in [6.45, 7) is 13.3. The fourth-order valence-electron chi connectivity index (χ4n) is 4.51. The first-order valence-electron chi connectivity index (χ1n) is 13.3. The summed E-state index contributed by atoms with van der Waals surface area (Å²) in [7, 11) is -1.65. The predicted molar refractivity (Wildman–Crippen MR) is 164 cm³/mol. The van der Waals surface area contributed by atoms with E-state index in [0.717, 1.165) is 49.8 Å². The van der Waals surface area contributed by atoms with Gasteiger partial charge in [0.1, 0.15) is 5.58 Å². The molecule has 40 heavy (non-hydrogen) atoms. The third-order valence-electron chi connectivity index (χ3n) is 6.65. The summed E-state index contributed by atoms with van der Waals surface area (Å²) in [6.07, 6.45) is 6.99. The molecule has 6 aromatic rings. The summed E-state index contributed by atoms with van der Waals surface area (Å²) < 4.78 is 6.29. The van der Waals surface area contributed by atoms with Gasteiger partial charge in [0.15, 0.2) is 0 Å². The second-order valence-corrected chi connectivity index (χ2v) is 16.1. The van der Waals surface area contributed by atoms with E-state index in [-0.39, 0.29) is 20.1 Å². The number of pyridine rings is 3. The number of nitrogens with zero attached hydrogens (tertiary/aromatic N) is 3. The quantitative estimate of drug-likeness (QED) is 0.136. The van der Waals surface area contributed by atoms with Crippen molar-refractivity contribution in [2.24, 2.45) is 0 Å². The Hall–Kier alpha value is -3.44. The largest absolute Gasteiger partial charge is 0.500 e. The Morgan fingerprint density at radius 2 is 1.65 bits per heavy atom. The molecule has 0 aliphatic heterocycles. The van der Waals surface area contributed by atoms with Gasteiger partial charge in [0.25, 0.3) is 0 Å². The van der Waals surface area contributed by atoms with Gasteiger partial charge in [-0.05, 0) is 58.8 Å². The van der Waals surface area contributed by atoms with E-state index in [9.17, 15) is 0 Å². The molecular formula is C34H33IrN3OSi-2. The van der Waals surface area contributed by atoms with Gasteiger partial charge in [0, 0.05) is 37.9 Å². The molecule has 4 nitrogen and oxygen atoms in total. The van der Waals surface area contributed by atoms with Crippen molar-refractivity contribution in [3.8, 4) is 22.5 Å². The zero-order chi connectivity index (χ0) is 27.6. The molecule has 4 heterocycles. The van der Waals surface area contributed by atoms with Crippen LogP contribution in [-0.2, 0) is 20.1 Å². The Kier molecular flexibility index (Phi) is 9.14. The van der Waals surface area contributed by atoms with E-state index in [1.165, 1.54) is 11.1 Å². The van der Waals surface area contributed by atoms with Crippen molar-refractivity contribution < 1.29 is 24.5 Å². The molecular weight excluding hydrogens is 687 g/mol. The Bertz CT molecular complexity index is 1720. The molecule has 205 valence electrons. The van der Waals surface area contributed by atoms with E-state index in [1.54, 1.807) is 0 Å². The van der Waals surface area contributed by atoms with E-state index in [2.05, 4.69) is 86.1 Å². The number of aryl methyl sites for hydroxylation is 1. The fourth-order valence-corrected chi connectivity index (χ4v) is 5.90. The van der Waals surface area contributed by atoms with Crippen molar-refractivity contribution in [3.63, 3.8) is 0 Å². The average Bonchev–Trinajstić information content (AvgIpc) is 3.33. The summed E-state index contributed by atoms with van der Waals surface area (Å²) in [5.41, 5.74) is 7.92. The second kappa shape index (κ2) is 12.4. The molecule has 0 aliphatic carbocycles. The van der Waals surface area contributed by atoms with Crippen LogP contribution in [0.1, 0.15) is 30.9 Å². The Balaban J connectivity index is 0.000000223. The number of furan rings is 1. The van der Waals surface area contributed by atoms with E-state index >= 15 is 0 Å². The van der Waals surface area contributed by atoms with Crippen LogP contribution in [0.25, 0.3) is 44.5 Å². The van der Waals surface area contributed by atoms with Crippen molar-refractivity contribution >= 4 is 35.3 Å². The minimum atomic E-state index is -1.65. The maximum absolute atomic E-state index is 6.29. The maximum atomic E-state index is 6.29. The standard InChI is InChI=1S/C22H23N2OSi.C12H10N.Ir/c1-14(2)15-10-11-23-18(12-15)17-13-24-22(26(3,4)5)20-16-8-6-7-9-19(16)25-21(17)20;1-10-7-8-12(13-9-10)11-5-3-2-4-6-11;/h6-12,14H,1-5H3;2-5,7-9H,1H3;/q2*-1;. The van der Waals surface area contributed by atoms with Gasteiger partial charge >= 0.3 is 0 Å². The first-order valence-corrected chi connectivity index (χ1v) is 16.8. The zero-order valence-corrected chi connectivity index (χ0v) is 27.1. The van der Waals surface area contributed by atoms with Crippen LogP contribution in [0.3, 0.4) is 0 Å². The van der Waals surface area contributed by atoms with Crippen LogP contribution in [-0.4, -0.2) is 23.0 Å². The van der Waals surface area contributed by atoms with Crippen molar-refractivity contribution in [2.45, 2.75) is 46.3 Å². The number of para-hydroxylation sites is 1. The smallest absolute Gasteiger partial charge is 0.121 e. The van der Waals surface area contributed by atoms with Crippen molar-refractivity contribution in [3.05, 3.63) is 109 Å². The Labute approximate surface area is 251 Å². The SMILES string of the molecule is CC(C)c1ccnc(-c2[c-]nc([Si](C)(C)C)c3c2oc2ccccc23)c1.Cc1ccc(-c2[c-]cccc2)nc1.[Ir]. The summed E-state index contributed by atoms with van der Waals surface area (Å²) in [6, 6.07) is 27.5. The summed E-state index contributed by atoms with van der Waals surface area (Å²) in [5.74, 6) is 0.442. The summed E-state index contributed by atoms with van der Waals surface area (Å²) >= 11 is 0. The molecule has 4 aromatic heterocycles. The monoisotopic (exact) mass is 720 g/mol. The molecule has 0 amide bonds. The van der Waals surface area contributed by atoms with Crippen LogP contribution in [0.5, 0.6) is 0 Å². The van der Waals surface area contributed by atoms with Gasteiger partial charge in [0.05, 0.1) is 13.7 Å². The van der Waals surface area contributed by atoms with E-state index in [0.29, 0.717) is 5.92 Å². The molecule has 0 bridgehead atoms.